The van der Waals surface area contributed by atoms with E-state index in [9.17, 15) is 0 Å². The average Bonchev–Trinajstić information content (AvgIpc) is 2.09. The third-order valence-corrected chi connectivity index (χ3v) is 1.76. The van der Waals surface area contributed by atoms with Crippen molar-refractivity contribution in [2.45, 2.75) is 20.3 Å². The minimum absolute atomic E-state index is 0. The normalized spacial score (nSPS) is 9.50. The van der Waals surface area contributed by atoms with Crippen molar-refractivity contribution in [2.75, 3.05) is 19.8 Å². The molecule has 4 N–H and O–H groups in total. The van der Waals surface area contributed by atoms with Crippen molar-refractivity contribution in [3.05, 3.63) is 0 Å². The van der Waals surface area contributed by atoms with Crippen LogP contribution in [-0.2, 0) is 21.9 Å². The van der Waals surface area contributed by atoms with Crippen molar-refractivity contribution in [3.63, 3.8) is 0 Å². The van der Waals surface area contributed by atoms with Crippen LogP contribution < -0.4 is 0 Å². The van der Waals surface area contributed by atoms with E-state index in [2.05, 4.69) is 0 Å². The fourth-order valence-electron chi connectivity index (χ4n) is 0.485. The van der Waals surface area contributed by atoms with Gasteiger partial charge in [-0.1, -0.05) is 6.92 Å². The van der Waals surface area contributed by atoms with Crippen molar-refractivity contribution >= 4 is 5.97 Å². The van der Waals surface area contributed by atoms with Crippen LogP contribution in [0.4, 0.5) is 0 Å². The summed E-state index contributed by atoms with van der Waals surface area (Å²) in [5.41, 5.74) is -0.667. The van der Waals surface area contributed by atoms with Gasteiger partial charge in [-0.15, -0.1) is 0 Å². The van der Waals surface area contributed by atoms with Crippen LogP contribution in [0.3, 0.4) is 0 Å². The molecule has 0 aromatic heterocycles. The van der Waals surface area contributed by atoms with Crippen LogP contribution in [0, 0.1) is 5.41 Å². The van der Waals surface area contributed by atoms with E-state index in [0.717, 1.165) is 6.92 Å². The minimum atomic E-state index is -0.833. The van der Waals surface area contributed by atoms with Gasteiger partial charge in [-0.2, -0.15) is 0 Å². The topological polar surface area (TPSA) is 98.0 Å². The first-order valence-electron chi connectivity index (χ1n) is 4.00. The SMILES string of the molecule is CC(=O)O.CCC(CO)(CO)CO.[Mn]. The fourth-order valence-corrected chi connectivity index (χ4v) is 0.485. The van der Waals surface area contributed by atoms with Crippen molar-refractivity contribution in [1.82, 2.24) is 0 Å². The van der Waals surface area contributed by atoms with Crippen LogP contribution in [-0.4, -0.2) is 46.2 Å². The molecule has 0 heterocycles. The Kier molecular flexibility index (Phi) is 15.2. The van der Waals surface area contributed by atoms with Crippen LogP contribution in [0.2, 0.25) is 0 Å². The maximum absolute atomic E-state index is 9.00. The first kappa shape index (κ1) is 19.4. The van der Waals surface area contributed by atoms with E-state index in [1.807, 2.05) is 6.92 Å². The number of carbonyl (C=O) groups is 1. The van der Waals surface area contributed by atoms with E-state index in [1.165, 1.54) is 0 Å². The van der Waals surface area contributed by atoms with Gasteiger partial charge in [-0.05, 0) is 6.42 Å². The summed E-state index contributed by atoms with van der Waals surface area (Å²) in [4.78, 5) is 9.00. The Morgan fingerprint density at radius 2 is 1.36 bits per heavy atom. The van der Waals surface area contributed by atoms with Gasteiger partial charge in [0.25, 0.3) is 5.97 Å². The summed E-state index contributed by atoms with van der Waals surface area (Å²) in [6.07, 6.45) is 0.594. The molecule has 1 radical (unpaired) electrons. The molecule has 0 fully saturated rings. The molecule has 0 aromatic carbocycles. The summed E-state index contributed by atoms with van der Waals surface area (Å²) < 4.78 is 0. The van der Waals surface area contributed by atoms with Gasteiger partial charge in [0.2, 0.25) is 0 Å². The van der Waals surface area contributed by atoms with Crippen LogP contribution in [0.5, 0.6) is 0 Å². The summed E-state index contributed by atoms with van der Waals surface area (Å²) in [7, 11) is 0. The molecule has 0 saturated carbocycles. The minimum Gasteiger partial charge on any atom is -0.481 e. The predicted molar refractivity (Wildman–Crippen MR) is 47.3 cm³/mol. The Morgan fingerprint density at radius 1 is 1.14 bits per heavy atom. The van der Waals surface area contributed by atoms with Crippen molar-refractivity contribution in [3.8, 4) is 0 Å². The van der Waals surface area contributed by atoms with Gasteiger partial charge in [-0.3, -0.25) is 4.79 Å². The molecule has 0 aromatic rings. The molecule has 0 bridgehead atoms. The van der Waals surface area contributed by atoms with Crippen molar-refractivity contribution < 1.29 is 42.3 Å². The number of carboxylic acids is 1. The second-order valence-corrected chi connectivity index (χ2v) is 2.85. The van der Waals surface area contributed by atoms with Crippen molar-refractivity contribution in [2.24, 2.45) is 5.41 Å². The molecule has 0 aliphatic rings. The molecule has 0 aliphatic heterocycles. The van der Waals surface area contributed by atoms with E-state index >= 15 is 0 Å². The molecule has 0 unspecified atom stereocenters. The molecule has 0 saturated heterocycles. The van der Waals surface area contributed by atoms with E-state index < -0.39 is 11.4 Å². The Labute approximate surface area is 94.2 Å². The number of hydrogen-bond donors (Lipinski definition) is 4. The Morgan fingerprint density at radius 3 is 1.36 bits per heavy atom. The Bertz CT molecular complexity index is 114. The molecule has 0 atom stereocenters. The average molecular weight is 249 g/mol. The van der Waals surface area contributed by atoms with Gasteiger partial charge in [0, 0.05) is 29.4 Å². The third kappa shape index (κ3) is 9.95. The van der Waals surface area contributed by atoms with Crippen LogP contribution in [0.1, 0.15) is 20.3 Å². The van der Waals surface area contributed by atoms with E-state index in [-0.39, 0.29) is 36.9 Å². The number of aliphatic carboxylic acids is 1. The van der Waals surface area contributed by atoms with Gasteiger partial charge < -0.3 is 20.4 Å². The van der Waals surface area contributed by atoms with Gasteiger partial charge in [0.1, 0.15) is 0 Å². The standard InChI is InChI=1S/C6H14O3.C2H4O2.Mn/c1-2-6(3-7,4-8)5-9;1-2(3)4;/h7-9H,2-5H2,1H3;1H3,(H,3,4);. The summed E-state index contributed by atoms with van der Waals surface area (Å²) in [5.74, 6) is -0.833. The van der Waals surface area contributed by atoms with Gasteiger partial charge in [0.15, 0.2) is 0 Å². The zero-order chi connectivity index (χ0) is 10.9. The van der Waals surface area contributed by atoms with E-state index in [4.69, 9.17) is 25.2 Å². The molecule has 0 rings (SSSR count). The summed E-state index contributed by atoms with van der Waals surface area (Å²) in [6, 6.07) is 0. The summed E-state index contributed by atoms with van der Waals surface area (Å²) >= 11 is 0. The molecule has 5 nitrogen and oxygen atoms in total. The first-order chi connectivity index (χ1) is 5.97. The molecular formula is C8H18MnO5. The fraction of sp³-hybridized carbons (Fsp3) is 0.875. The number of hydrogen-bond acceptors (Lipinski definition) is 4. The van der Waals surface area contributed by atoms with Gasteiger partial charge in [0.05, 0.1) is 19.8 Å². The molecule has 6 heteroatoms. The summed E-state index contributed by atoms with van der Waals surface area (Å²) in [6.45, 7) is 2.44. The zero-order valence-electron chi connectivity index (χ0n) is 8.40. The largest absolute Gasteiger partial charge is 0.481 e. The van der Waals surface area contributed by atoms with Gasteiger partial charge >= 0.3 is 0 Å². The maximum Gasteiger partial charge on any atom is 0.300 e. The predicted octanol–water partition coefficient (Wildman–Crippen LogP) is -0.552. The Balaban J connectivity index is -0.000000209. The molecule has 0 aliphatic carbocycles. The monoisotopic (exact) mass is 249 g/mol. The third-order valence-electron chi connectivity index (χ3n) is 1.76. The number of rotatable bonds is 4. The molecule has 14 heavy (non-hydrogen) atoms. The second kappa shape index (κ2) is 10.9. The molecule has 87 valence electrons. The quantitative estimate of drug-likeness (QED) is 0.501. The van der Waals surface area contributed by atoms with E-state index in [0.29, 0.717) is 6.42 Å². The zero-order valence-corrected chi connectivity index (χ0v) is 9.58. The van der Waals surface area contributed by atoms with Crippen LogP contribution in [0.15, 0.2) is 0 Å². The van der Waals surface area contributed by atoms with Crippen LogP contribution in [0.25, 0.3) is 0 Å². The Hall–Kier alpha value is -0.131. The maximum atomic E-state index is 9.00. The smallest absolute Gasteiger partial charge is 0.300 e. The van der Waals surface area contributed by atoms with Crippen LogP contribution >= 0.6 is 0 Å². The van der Waals surface area contributed by atoms with Crippen molar-refractivity contribution in [1.29, 1.82) is 0 Å². The second-order valence-electron chi connectivity index (χ2n) is 2.85. The van der Waals surface area contributed by atoms with E-state index in [1.54, 1.807) is 0 Å². The van der Waals surface area contributed by atoms with Gasteiger partial charge in [-0.25, -0.2) is 0 Å². The number of aliphatic hydroxyl groups excluding tert-OH is 3. The molecular weight excluding hydrogens is 231 g/mol. The number of aliphatic hydroxyl groups is 3. The molecule has 0 amide bonds. The molecule has 0 spiro atoms. The summed E-state index contributed by atoms with van der Waals surface area (Å²) in [5, 5.41) is 33.4. The number of carboxylic acid groups (broad SMARTS) is 1. The first-order valence-corrected chi connectivity index (χ1v) is 4.00.